The maximum absolute atomic E-state index is 9.83. The predicted octanol–water partition coefficient (Wildman–Crippen LogP) is 2.61. The Balaban J connectivity index is 2.39. The molecule has 0 radical (unpaired) electrons. The van der Waals surface area contributed by atoms with Gasteiger partial charge in [-0.25, -0.2) is 0 Å². The second-order valence-corrected chi connectivity index (χ2v) is 6.77. The average Bonchev–Trinajstić information content (AvgIpc) is 2.43. The molecule has 1 fully saturated rings. The van der Waals surface area contributed by atoms with Crippen molar-refractivity contribution in [1.29, 1.82) is 0 Å². The number of rotatable bonds is 4. The lowest BCUT2D eigenvalue weighted by atomic mass is 9.78. The van der Waals surface area contributed by atoms with Crippen LogP contribution in [0.2, 0.25) is 5.02 Å². The van der Waals surface area contributed by atoms with E-state index < -0.39 is 0 Å². The lowest BCUT2D eigenvalue weighted by molar-refractivity contribution is 0.0302. The van der Waals surface area contributed by atoms with Crippen LogP contribution in [0.5, 0.6) is 0 Å². The lowest BCUT2D eigenvalue weighted by Gasteiger charge is -2.44. The van der Waals surface area contributed by atoms with Crippen molar-refractivity contribution in [3.63, 3.8) is 0 Å². The Labute approximate surface area is 126 Å². The smallest absolute Gasteiger partial charge is 0.0500 e. The summed E-state index contributed by atoms with van der Waals surface area (Å²) in [5.41, 5.74) is 2.29. The summed E-state index contributed by atoms with van der Waals surface area (Å²) >= 11 is 6.08. The highest BCUT2D eigenvalue weighted by Crippen LogP contribution is 2.40. The molecule has 0 amide bonds. The van der Waals surface area contributed by atoms with Gasteiger partial charge in [-0.05, 0) is 30.2 Å². The Bertz CT molecular complexity index is 456. The molecule has 0 saturated carbocycles. The highest BCUT2D eigenvalue weighted by atomic mass is 35.5. The maximum atomic E-state index is 9.83. The molecule has 1 aliphatic heterocycles. The Hall–Kier alpha value is -0.610. The van der Waals surface area contributed by atoms with Crippen LogP contribution in [0.1, 0.15) is 31.0 Å². The third kappa shape index (κ3) is 3.34. The monoisotopic (exact) mass is 296 g/mol. The molecule has 1 atom stereocenters. The van der Waals surface area contributed by atoms with E-state index in [-0.39, 0.29) is 18.1 Å². The van der Waals surface area contributed by atoms with E-state index in [0.717, 1.165) is 31.2 Å². The van der Waals surface area contributed by atoms with Gasteiger partial charge in [0.2, 0.25) is 0 Å². The molecule has 1 saturated heterocycles. The molecule has 2 N–H and O–H groups in total. The molecule has 2 rings (SSSR count). The van der Waals surface area contributed by atoms with Crippen LogP contribution in [0.4, 0.5) is 0 Å². The van der Waals surface area contributed by atoms with Gasteiger partial charge < -0.3 is 10.4 Å². The van der Waals surface area contributed by atoms with Gasteiger partial charge in [0.1, 0.15) is 0 Å². The zero-order chi connectivity index (χ0) is 14.8. The maximum Gasteiger partial charge on any atom is 0.0500 e. The molecule has 0 bridgehead atoms. The number of halogens is 1. The minimum atomic E-state index is -0.185. The van der Waals surface area contributed by atoms with E-state index in [1.54, 1.807) is 0 Å². The minimum absolute atomic E-state index is 0.170. The Morgan fingerprint density at radius 2 is 2.00 bits per heavy atom. The Morgan fingerprint density at radius 1 is 1.35 bits per heavy atom. The lowest BCUT2D eigenvalue weighted by Crippen LogP contribution is -2.49. The summed E-state index contributed by atoms with van der Waals surface area (Å²) in [7, 11) is 0. The fourth-order valence-electron chi connectivity index (χ4n) is 3.08. The molecule has 1 aliphatic rings. The van der Waals surface area contributed by atoms with Gasteiger partial charge in [0.15, 0.2) is 0 Å². The highest BCUT2D eigenvalue weighted by Gasteiger charge is 2.36. The molecular formula is C16H25ClN2O. The first kappa shape index (κ1) is 15.8. The topological polar surface area (TPSA) is 35.5 Å². The summed E-state index contributed by atoms with van der Waals surface area (Å²) in [6.07, 6.45) is 0. The summed E-state index contributed by atoms with van der Waals surface area (Å²) in [6.45, 7) is 10.6. The molecule has 1 aromatic carbocycles. The van der Waals surface area contributed by atoms with Crippen LogP contribution in [-0.4, -0.2) is 42.8 Å². The van der Waals surface area contributed by atoms with Gasteiger partial charge in [0.25, 0.3) is 0 Å². The van der Waals surface area contributed by atoms with E-state index in [0.29, 0.717) is 0 Å². The molecule has 20 heavy (non-hydrogen) atoms. The van der Waals surface area contributed by atoms with Crippen molar-refractivity contribution in [2.75, 3.05) is 32.8 Å². The van der Waals surface area contributed by atoms with E-state index in [1.165, 1.54) is 11.1 Å². The number of nitrogens with zero attached hydrogens (tertiary/aromatic N) is 1. The molecule has 0 aliphatic carbocycles. The van der Waals surface area contributed by atoms with Crippen LogP contribution in [0.25, 0.3) is 0 Å². The number of aliphatic hydroxyl groups is 1. The summed E-state index contributed by atoms with van der Waals surface area (Å²) in [5, 5.41) is 14.0. The number of hydrogen-bond donors (Lipinski definition) is 2. The van der Waals surface area contributed by atoms with Crippen molar-refractivity contribution in [2.45, 2.75) is 26.8 Å². The zero-order valence-electron chi connectivity index (χ0n) is 12.6. The van der Waals surface area contributed by atoms with Crippen LogP contribution in [0, 0.1) is 12.3 Å². The average molecular weight is 297 g/mol. The minimum Gasteiger partial charge on any atom is -0.396 e. The molecular weight excluding hydrogens is 272 g/mol. The highest BCUT2D eigenvalue weighted by molar-refractivity contribution is 6.30. The van der Waals surface area contributed by atoms with Crippen LogP contribution in [0.3, 0.4) is 0 Å². The molecule has 1 aromatic rings. The predicted molar refractivity (Wildman–Crippen MR) is 84.2 cm³/mol. The molecule has 3 nitrogen and oxygen atoms in total. The first-order chi connectivity index (χ1) is 9.45. The molecule has 4 heteroatoms. The molecule has 0 aromatic heterocycles. The van der Waals surface area contributed by atoms with Gasteiger partial charge in [-0.1, -0.05) is 31.5 Å². The number of hydrogen-bond acceptors (Lipinski definition) is 3. The fourth-order valence-corrected chi connectivity index (χ4v) is 3.31. The third-order valence-corrected chi connectivity index (χ3v) is 4.43. The van der Waals surface area contributed by atoms with Gasteiger partial charge in [0.05, 0.1) is 0 Å². The van der Waals surface area contributed by atoms with Crippen molar-refractivity contribution in [3.05, 3.63) is 34.3 Å². The van der Waals surface area contributed by atoms with Gasteiger partial charge in [-0.2, -0.15) is 0 Å². The molecule has 112 valence electrons. The van der Waals surface area contributed by atoms with E-state index in [4.69, 9.17) is 11.6 Å². The van der Waals surface area contributed by atoms with Crippen molar-refractivity contribution >= 4 is 11.6 Å². The van der Waals surface area contributed by atoms with E-state index >= 15 is 0 Å². The number of piperazine rings is 1. The second-order valence-electron chi connectivity index (χ2n) is 6.34. The van der Waals surface area contributed by atoms with Crippen molar-refractivity contribution in [2.24, 2.45) is 5.41 Å². The fraction of sp³-hybridized carbons (Fsp3) is 0.625. The molecule has 0 unspecified atom stereocenters. The Morgan fingerprint density at radius 3 is 2.55 bits per heavy atom. The normalized spacial score (nSPS) is 19.1. The van der Waals surface area contributed by atoms with Crippen LogP contribution >= 0.6 is 11.6 Å². The number of benzene rings is 1. The van der Waals surface area contributed by atoms with E-state index in [2.05, 4.69) is 37.1 Å². The number of aryl methyl sites for hydroxylation is 1. The third-order valence-electron chi connectivity index (χ3n) is 4.19. The quantitative estimate of drug-likeness (QED) is 0.896. The number of aliphatic hydroxyl groups excluding tert-OH is 1. The van der Waals surface area contributed by atoms with Gasteiger partial charge >= 0.3 is 0 Å². The van der Waals surface area contributed by atoms with E-state index in [1.807, 2.05) is 12.1 Å². The van der Waals surface area contributed by atoms with Gasteiger partial charge in [0, 0.05) is 49.3 Å². The Kier molecular flexibility index (Phi) is 5.08. The summed E-state index contributed by atoms with van der Waals surface area (Å²) in [4.78, 5) is 2.48. The standard InChI is InChI=1S/C16H25ClN2O/c1-12-10-13(17)4-5-14(12)15(16(2,3)11-20)19-8-6-18-7-9-19/h4-5,10,15,18,20H,6-9,11H2,1-3H3/t15-/m0/s1. The van der Waals surface area contributed by atoms with Crippen molar-refractivity contribution in [1.82, 2.24) is 10.2 Å². The molecule has 1 heterocycles. The van der Waals surface area contributed by atoms with Crippen LogP contribution < -0.4 is 5.32 Å². The summed E-state index contributed by atoms with van der Waals surface area (Å²) < 4.78 is 0. The van der Waals surface area contributed by atoms with Crippen molar-refractivity contribution < 1.29 is 5.11 Å². The molecule has 0 spiro atoms. The van der Waals surface area contributed by atoms with Gasteiger partial charge in [-0.15, -0.1) is 0 Å². The zero-order valence-corrected chi connectivity index (χ0v) is 13.4. The van der Waals surface area contributed by atoms with Gasteiger partial charge in [-0.3, -0.25) is 4.90 Å². The first-order valence-electron chi connectivity index (χ1n) is 7.27. The summed E-state index contributed by atoms with van der Waals surface area (Å²) in [5.74, 6) is 0. The van der Waals surface area contributed by atoms with Crippen molar-refractivity contribution in [3.8, 4) is 0 Å². The SMILES string of the molecule is Cc1cc(Cl)ccc1[C@H](N1CCNCC1)C(C)(C)CO. The largest absolute Gasteiger partial charge is 0.396 e. The van der Waals surface area contributed by atoms with E-state index in [9.17, 15) is 5.11 Å². The second kappa shape index (κ2) is 6.44. The van der Waals surface area contributed by atoms with Crippen LogP contribution in [0.15, 0.2) is 18.2 Å². The first-order valence-corrected chi connectivity index (χ1v) is 7.65. The summed E-state index contributed by atoms with van der Waals surface area (Å²) in [6, 6.07) is 6.29. The van der Waals surface area contributed by atoms with Crippen LogP contribution in [-0.2, 0) is 0 Å². The number of nitrogens with one attached hydrogen (secondary N) is 1.